The van der Waals surface area contributed by atoms with Crippen LogP contribution in [-0.2, 0) is 9.53 Å². The average Bonchev–Trinajstić information content (AvgIpc) is 2.55. The van der Waals surface area contributed by atoms with Gasteiger partial charge in [0, 0.05) is 0 Å². The van der Waals surface area contributed by atoms with Gasteiger partial charge >= 0.3 is 0 Å². The highest BCUT2D eigenvalue weighted by atomic mass is 16.5. The van der Waals surface area contributed by atoms with Crippen LogP contribution in [0.1, 0.15) is 26.7 Å². The normalized spacial score (nSPS) is 56.3. The second kappa shape index (κ2) is 1.75. The first-order chi connectivity index (χ1) is 6.56. The summed E-state index contributed by atoms with van der Waals surface area (Å²) in [5.41, 5.74) is -0.243. The third-order valence-corrected chi connectivity index (χ3v) is 4.91. The molecule has 0 N–H and O–H groups in total. The van der Waals surface area contributed by atoms with E-state index in [1.165, 1.54) is 6.42 Å². The van der Waals surface area contributed by atoms with E-state index < -0.39 is 0 Å². The molecule has 2 heterocycles. The molecule has 1 spiro atoms. The van der Waals surface area contributed by atoms with Crippen LogP contribution in [0.3, 0.4) is 0 Å². The summed E-state index contributed by atoms with van der Waals surface area (Å²) in [7, 11) is 0. The number of amides is 1. The standard InChI is InChI=1S/C11H15NO2/c1-10(2)12-8(5-14-10)6-3-11(9(12)13)4-7(6)11/h6-8H,3-5H2,1-2H3/t6?,7-,8+,11?/m0/s1. The van der Waals surface area contributed by atoms with Gasteiger partial charge in [0.15, 0.2) is 0 Å². The largest absolute Gasteiger partial charge is 0.354 e. The van der Waals surface area contributed by atoms with E-state index in [1.54, 1.807) is 0 Å². The zero-order chi connectivity index (χ0) is 9.72. The molecule has 0 aromatic rings. The van der Waals surface area contributed by atoms with Crippen molar-refractivity contribution in [2.45, 2.75) is 38.5 Å². The highest BCUT2D eigenvalue weighted by molar-refractivity contribution is 5.90. The molecule has 0 aromatic heterocycles. The maximum atomic E-state index is 12.3. The summed E-state index contributed by atoms with van der Waals surface area (Å²) in [5.74, 6) is 1.88. The Kier molecular flexibility index (Phi) is 0.963. The third kappa shape index (κ3) is 0.553. The molecule has 3 nitrogen and oxygen atoms in total. The number of nitrogens with zero attached hydrogens (tertiary/aromatic N) is 1. The van der Waals surface area contributed by atoms with Crippen LogP contribution in [0.15, 0.2) is 0 Å². The summed E-state index contributed by atoms with van der Waals surface area (Å²) in [6, 6.07) is 0.395. The second-order valence-electron chi connectivity index (χ2n) is 5.83. The van der Waals surface area contributed by atoms with Gasteiger partial charge in [0.2, 0.25) is 5.91 Å². The number of fused-ring (bicyclic) bond motifs is 4. The molecule has 4 atom stereocenters. The number of hydrogen-bond acceptors (Lipinski definition) is 2. The first kappa shape index (κ1) is 7.69. The molecule has 14 heavy (non-hydrogen) atoms. The van der Waals surface area contributed by atoms with Gasteiger partial charge < -0.3 is 9.64 Å². The molecule has 3 heteroatoms. The first-order valence-electron chi connectivity index (χ1n) is 5.54. The predicted molar refractivity (Wildman–Crippen MR) is 49.3 cm³/mol. The minimum absolute atomic E-state index is 0.103. The van der Waals surface area contributed by atoms with Crippen LogP contribution in [0.5, 0.6) is 0 Å². The molecule has 76 valence electrons. The number of carbonyl (C=O) groups excluding carboxylic acids is 1. The van der Waals surface area contributed by atoms with Crippen molar-refractivity contribution in [2.75, 3.05) is 6.61 Å². The van der Waals surface area contributed by atoms with Gasteiger partial charge in [-0.05, 0) is 38.5 Å². The summed E-state index contributed by atoms with van der Waals surface area (Å²) < 4.78 is 5.73. The van der Waals surface area contributed by atoms with Crippen LogP contribution in [0, 0.1) is 17.3 Å². The Labute approximate surface area is 83.4 Å². The smallest absolute Gasteiger partial charge is 0.231 e. The van der Waals surface area contributed by atoms with Gasteiger partial charge in [0.25, 0.3) is 0 Å². The molecule has 2 saturated heterocycles. The van der Waals surface area contributed by atoms with Crippen molar-refractivity contribution in [2.24, 2.45) is 17.3 Å². The predicted octanol–water partition coefficient (Wildman–Crippen LogP) is 0.990. The van der Waals surface area contributed by atoms with Crippen molar-refractivity contribution < 1.29 is 9.53 Å². The molecule has 0 radical (unpaired) electrons. The van der Waals surface area contributed by atoms with Crippen molar-refractivity contribution in [3.05, 3.63) is 0 Å². The van der Waals surface area contributed by atoms with E-state index >= 15 is 0 Å². The number of carbonyl (C=O) groups is 1. The Morgan fingerprint density at radius 1 is 1.43 bits per heavy atom. The minimum atomic E-state index is -0.346. The molecular formula is C11H15NO2. The van der Waals surface area contributed by atoms with Crippen molar-refractivity contribution in [1.29, 1.82) is 0 Å². The summed E-state index contributed by atoms with van der Waals surface area (Å²) in [6.45, 7) is 4.80. The number of rotatable bonds is 0. The van der Waals surface area contributed by atoms with E-state index in [0.29, 0.717) is 11.9 Å². The van der Waals surface area contributed by atoms with E-state index in [1.807, 2.05) is 18.7 Å². The summed E-state index contributed by atoms with van der Waals surface area (Å²) in [6.07, 6.45) is 2.32. The van der Waals surface area contributed by atoms with Crippen molar-refractivity contribution >= 4 is 5.91 Å². The number of ether oxygens (including phenoxy) is 1. The molecule has 0 aromatic carbocycles. The molecule has 4 aliphatic rings. The van der Waals surface area contributed by atoms with Gasteiger partial charge in [0.05, 0.1) is 18.1 Å². The molecular weight excluding hydrogens is 178 g/mol. The van der Waals surface area contributed by atoms with Gasteiger partial charge in [0.1, 0.15) is 5.72 Å². The quantitative estimate of drug-likeness (QED) is 0.574. The lowest BCUT2D eigenvalue weighted by atomic mass is 9.66. The Morgan fingerprint density at radius 3 is 2.93 bits per heavy atom. The molecule has 4 rings (SSSR count). The second-order valence-corrected chi connectivity index (χ2v) is 5.83. The Morgan fingerprint density at radius 2 is 2.21 bits per heavy atom. The Balaban J connectivity index is 1.81. The van der Waals surface area contributed by atoms with Crippen LogP contribution in [0.4, 0.5) is 0 Å². The van der Waals surface area contributed by atoms with E-state index in [4.69, 9.17) is 4.74 Å². The number of piperidine rings is 2. The summed E-state index contributed by atoms with van der Waals surface area (Å²) >= 11 is 0. The van der Waals surface area contributed by atoms with E-state index in [0.717, 1.165) is 24.9 Å². The molecule has 2 bridgehead atoms. The molecule has 4 fully saturated rings. The van der Waals surface area contributed by atoms with Crippen LogP contribution < -0.4 is 0 Å². The van der Waals surface area contributed by atoms with E-state index in [-0.39, 0.29) is 11.1 Å². The number of hydrogen-bond donors (Lipinski definition) is 0. The first-order valence-corrected chi connectivity index (χ1v) is 5.54. The maximum absolute atomic E-state index is 12.3. The Hall–Kier alpha value is -0.570. The molecule has 2 unspecified atom stereocenters. The van der Waals surface area contributed by atoms with Gasteiger partial charge in [-0.25, -0.2) is 0 Å². The SMILES string of the molecule is CC1(C)OC[C@@H]2C3CC4(C[C@@H]34)C(=O)N21. The van der Waals surface area contributed by atoms with E-state index in [9.17, 15) is 4.79 Å². The van der Waals surface area contributed by atoms with Crippen molar-refractivity contribution in [3.63, 3.8) is 0 Å². The molecule has 2 saturated carbocycles. The average molecular weight is 193 g/mol. The minimum Gasteiger partial charge on any atom is -0.354 e. The highest BCUT2D eigenvalue weighted by Crippen LogP contribution is 2.76. The monoisotopic (exact) mass is 193 g/mol. The van der Waals surface area contributed by atoms with E-state index in [2.05, 4.69) is 0 Å². The lowest BCUT2D eigenvalue weighted by Crippen LogP contribution is -2.62. The highest BCUT2D eigenvalue weighted by Gasteiger charge is 2.79. The fourth-order valence-corrected chi connectivity index (χ4v) is 4.05. The van der Waals surface area contributed by atoms with Crippen LogP contribution >= 0.6 is 0 Å². The van der Waals surface area contributed by atoms with Gasteiger partial charge in [-0.1, -0.05) is 0 Å². The van der Waals surface area contributed by atoms with Gasteiger partial charge in [-0.3, -0.25) is 4.79 Å². The van der Waals surface area contributed by atoms with Gasteiger partial charge in [-0.2, -0.15) is 0 Å². The fourth-order valence-electron chi connectivity index (χ4n) is 4.05. The Bertz CT molecular complexity index is 351. The lowest BCUT2D eigenvalue weighted by Gasteiger charge is -2.51. The lowest BCUT2D eigenvalue weighted by molar-refractivity contribution is -0.169. The maximum Gasteiger partial charge on any atom is 0.231 e. The topological polar surface area (TPSA) is 29.5 Å². The summed E-state index contributed by atoms with van der Waals surface area (Å²) in [5, 5.41) is 0. The summed E-state index contributed by atoms with van der Waals surface area (Å²) in [4.78, 5) is 14.3. The van der Waals surface area contributed by atoms with Crippen LogP contribution in [0.25, 0.3) is 0 Å². The fraction of sp³-hybridized carbons (Fsp3) is 0.909. The third-order valence-electron chi connectivity index (χ3n) is 4.91. The van der Waals surface area contributed by atoms with Crippen LogP contribution in [0.2, 0.25) is 0 Å². The van der Waals surface area contributed by atoms with Gasteiger partial charge in [-0.15, -0.1) is 0 Å². The molecule has 1 amide bonds. The van der Waals surface area contributed by atoms with Crippen molar-refractivity contribution in [3.8, 4) is 0 Å². The molecule has 2 aliphatic heterocycles. The van der Waals surface area contributed by atoms with Crippen molar-refractivity contribution in [1.82, 2.24) is 4.90 Å². The molecule has 2 aliphatic carbocycles. The van der Waals surface area contributed by atoms with Crippen LogP contribution in [-0.4, -0.2) is 29.2 Å². The zero-order valence-corrected chi connectivity index (χ0v) is 8.62. The zero-order valence-electron chi connectivity index (χ0n) is 8.62.